The molecule has 0 saturated heterocycles. The second kappa shape index (κ2) is 9.65. The number of benzene rings is 3. The molecule has 0 spiro atoms. The number of carbonyl (C=O) groups is 3. The summed E-state index contributed by atoms with van der Waals surface area (Å²) in [4.78, 5) is 40.0. The molecule has 0 aliphatic heterocycles. The number of nitrogens with one attached hydrogen (secondary N) is 2. The SMILES string of the molecule is CC1=CC(=O)[C@H](C(=O)Nc2ccccc2)[C@@H](c2ccc(C)cc2)[C@H]1C(=O)Nc1ccccc1. The zero-order valence-corrected chi connectivity index (χ0v) is 18.6. The van der Waals surface area contributed by atoms with E-state index in [1.54, 1.807) is 19.1 Å². The lowest BCUT2D eigenvalue weighted by Crippen LogP contribution is -2.44. The van der Waals surface area contributed by atoms with E-state index in [4.69, 9.17) is 0 Å². The van der Waals surface area contributed by atoms with Crippen LogP contribution in [0.5, 0.6) is 0 Å². The van der Waals surface area contributed by atoms with E-state index in [0.717, 1.165) is 11.1 Å². The van der Waals surface area contributed by atoms with Crippen molar-refractivity contribution < 1.29 is 14.4 Å². The average molecular weight is 439 g/mol. The molecule has 33 heavy (non-hydrogen) atoms. The van der Waals surface area contributed by atoms with Gasteiger partial charge in [-0.25, -0.2) is 0 Å². The van der Waals surface area contributed by atoms with Gasteiger partial charge in [0, 0.05) is 17.3 Å². The number of ketones is 1. The van der Waals surface area contributed by atoms with E-state index in [9.17, 15) is 14.4 Å². The maximum Gasteiger partial charge on any atom is 0.235 e. The standard InChI is InChI=1S/C28H26N2O3/c1-18-13-15-20(16-14-18)25-24(27(32)29-21-9-5-3-6-10-21)19(2)17-23(31)26(25)28(33)30-22-11-7-4-8-12-22/h3-17,24-26H,1-2H3,(H,29,32)(H,30,33)/t24-,25-,26-/m0/s1. The fourth-order valence-corrected chi connectivity index (χ4v) is 4.38. The van der Waals surface area contributed by atoms with Crippen LogP contribution in [0.15, 0.2) is 96.6 Å². The number of allylic oxidation sites excluding steroid dienone is 1. The normalized spacial score (nSPS) is 20.0. The van der Waals surface area contributed by atoms with Gasteiger partial charge in [0.2, 0.25) is 11.8 Å². The summed E-state index contributed by atoms with van der Waals surface area (Å²) in [7, 11) is 0. The highest BCUT2D eigenvalue weighted by atomic mass is 16.2. The number of carbonyl (C=O) groups excluding carboxylic acids is 3. The minimum Gasteiger partial charge on any atom is -0.326 e. The molecule has 1 aliphatic carbocycles. The molecule has 5 heteroatoms. The van der Waals surface area contributed by atoms with E-state index in [1.807, 2.05) is 79.7 Å². The lowest BCUT2D eigenvalue weighted by molar-refractivity contribution is -0.131. The average Bonchev–Trinajstić information content (AvgIpc) is 2.80. The molecule has 0 aromatic heterocycles. The van der Waals surface area contributed by atoms with Gasteiger partial charge in [-0.1, -0.05) is 71.8 Å². The van der Waals surface area contributed by atoms with Crippen LogP contribution in [0.3, 0.4) is 0 Å². The first-order chi connectivity index (χ1) is 15.9. The molecule has 0 unspecified atom stereocenters. The molecule has 3 aromatic carbocycles. The van der Waals surface area contributed by atoms with Crippen LogP contribution in [0, 0.1) is 18.8 Å². The highest BCUT2D eigenvalue weighted by molar-refractivity contribution is 6.14. The Labute approximate surface area is 193 Å². The zero-order valence-electron chi connectivity index (χ0n) is 18.6. The first kappa shape index (κ1) is 22.2. The largest absolute Gasteiger partial charge is 0.326 e. The van der Waals surface area contributed by atoms with E-state index in [2.05, 4.69) is 10.6 Å². The number of rotatable bonds is 5. The molecule has 3 atom stereocenters. The quantitative estimate of drug-likeness (QED) is 0.543. The van der Waals surface area contributed by atoms with Crippen molar-refractivity contribution in [1.29, 1.82) is 0 Å². The minimum atomic E-state index is -1.02. The number of anilines is 2. The predicted molar refractivity (Wildman–Crippen MR) is 130 cm³/mol. The van der Waals surface area contributed by atoms with Crippen molar-refractivity contribution in [2.75, 3.05) is 10.6 Å². The maximum absolute atomic E-state index is 13.5. The molecule has 5 nitrogen and oxygen atoms in total. The van der Waals surface area contributed by atoms with Crippen molar-refractivity contribution >= 4 is 29.0 Å². The molecular formula is C28H26N2O3. The summed E-state index contributed by atoms with van der Waals surface area (Å²) < 4.78 is 0. The molecule has 1 aliphatic rings. The van der Waals surface area contributed by atoms with Gasteiger partial charge in [0.1, 0.15) is 5.92 Å². The summed E-state index contributed by atoms with van der Waals surface area (Å²) in [6.45, 7) is 3.75. The van der Waals surface area contributed by atoms with Gasteiger partial charge in [-0.15, -0.1) is 0 Å². The van der Waals surface area contributed by atoms with Crippen LogP contribution in [-0.2, 0) is 14.4 Å². The van der Waals surface area contributed by atoms with Gasteiger partial charge in [0.05, 0.1) is 5.92 Å². The molecule has 0 heterocycles. The molecule has 0 fully saturated rings. The third kappa shape index (κ3) is 4.93. The highest BCUT2D eigenvalue weighted by Gasteiger charge is 2.46. The van der Waals surface area contributed by atoms with Crippen LogP contribution in [0.25, 0.3) is 0 Å². The van der Waals surface area contributed by atoms with E-state index in [-0.39, 0.29) is 11.7 Å². The monoisotopic (exact) mass is 438 g/mol. The van der Waals surface area contributed by atoms with Crippen molar-refractivity contribution in [3.63, 3.8) is 0 Å². The predicted octanol–water partition coefficient (Wildman–Crippen LogP) is 5.12. The maximum atomic E-state index is 13.5. The van der Waals surface area contributed by atoms with Crippen LogP contribution in [-0.4, -0.2) is 17.6 Å². The van der Waals surface area contributed by atoms with Gasteiger partial charge < -0.3 is 10.6 Å². The Morgan fingerprint density at radius 3 is 1.67 bits per heavy atom. The van der Waals surface area contributed by atoms with Gasteiger partial charge in [-0.2, -0.15) is 0 Å². The molecule has 0 bridgehead atoms. The van der Waals surface area contributed by atoms with Gasteiger partial charge in [-0.05, 0) is 49.8 Å². The lowest BCUT2D eigenvalue weighted by atomic mass is 9.67. The third-order valence-corrected chi connectivity index (χ3v) is 6.00. The van der Waals surface area contributed by atoms with Gasteiger partial charge in [0.15, 0.2) is 5.78 Å². The minimum absolute atomic E-state index is 0.245. The van der Waals surface area contributed by atoms with E-state index in [1.165, 1.54) is 6.08 Å². The van der Waals surface area contributed by atoms with Crippen molar-refractivity contribution in [2.45, 2.75) is 19.8 Å². The number of hydrogen-bond acceptors (Lipinski definition) is 3. The Kier molecular flexibility index (Phi) is 6.50. The molecule has 166 valence electrons. The first-order valence-corrected chi connectivity index (χ1v) is 10.9. The van der Waals surface area contributed by atoms with Crippen molar-refractivity contribution in [3.05, 3.63) is 108 Å². The molecule has 4 rings (SSSR count). The number of hydrogen-bond donors (Lipinski definition) is 2. The molecule has 0 saturated carbocycles. The fourth-order valence-electron chi connectivity index (χ4n) is 4.38. The fraction of sp³-hybridized carbons (Fsp3) is 0.179. The summed E-state index contributed by atoms with van der Waals surface area (Å²) in [6.07, 6.45) is 1.44. The Morgan fingerprint density at radius 1 is 0.667 bits per heavy atom. The second-order valence-electron chi connectivity index (χ2n) is 8.39. The summed E-state index contributed by atoms with van der Waals surface area (Å²) in [6, 6.07) is 25.9. The Morgan fingerprint density at radius 2 is 1.15 bits per heavy atom. The Balaban J connectivity index is 1.74. The van der Waals surface area contributed by atoms with Crippen LogP contribution in [0.4, 0.5) is 11.4 Å². The van der Waals surface area contributed by atoms with Gasteiger partial charge in [0.25, 0.3) is 0 Å². The molecular weight excluding hydrogens is 412 g/mol. The second-order valence-corrected chi connectivity index (χ2v) is 8.39. The van der Waals surface area contributed by atoms with Gasteiger partial charge in [-0.3, -0.25) is 14.4 Å². The van der Waals surface area contributed by atoms with E-state index < -0.39 is 23.7 Å². The summed E-state index contributed by atoms with van der Waals surface area (Å²) in [5, 5.41) is 5.81. The van der Waals surface area contributed by atoms with Crippen molar-refractivity contribution in [1.82, 2.24) is 0 Å². The lowest BCUT2D eigenvalue weighted by Gasteiger charge is -2.35. The van der Waals surface area contributed by atoms with Crippen molar-refractivity contribution in [3.8, 4) is 0 Å². The molecule has 3 aromatic rings. The Bertz CT molecular complexity index is 1180. The van der Waals surface area contributed by atoms with Crippen LogP contribution < -0.4 is 10.6 Å². The molecule has 0 radical (unpaired) electrons. The number of aryl methyl sites for hydroxylation is 1. The third-order valence-electron chi connectivity index (χ3n) is 6.00. The summed E-state index contributed by atoms with van der Waals surface area (Å²) >= 11 is 0. The smallest absolute Gasteiger partial charge is 0.235 e. The van der Waals surface area contributed by atoms with Crippen LogP contribution in [0.1, 0.15) is 24.0 Å². The van der Waals surface area contributed by atoms with Crippen molar-refractivity contribution in [2.24, 2.45) is 11.8 Å². The van der Waals surface area contributed by atoms with Gasteiger partial charge >= 0.3 is 0 Å². The summed E-state index contributed by atoms with van der Waals surface area (Å²) in [5.41, 5.74) is 3.75. The Hall–Kier alpha value is -3.99. The topological polar surface area (TPSA) is 75.3 Å². The summed E-state index contributed by atoms with van der Waals surface area (Å²) in [5.74, 6) is -3.28. The van der Waals surface area contributed by atoms with Crippen LogP contribution >= 0.6 is 0 Å². The van der Waals surface area contributed by atoms with Crippen LogP contribution in [0.2, 0.25) is 0 Å². The first-order valence-electron chi connectivity index (χ1n) is 10.9. The molecule has 2 N–H and O–H groups in total. The number of para-hydroxylation sites is 2. The number of amides is 2. The van der Waals surface area contributed by atoms with E-state index in [0.29, 0.717) is 16.9 Å². The van der Waals surface area contributed by atoms with E-state index >= 15 is 0 Å². The molecule has 2 amide bonds. The highest BCUT2D eigenvalue weighted by Crippen LogP contribution is 2.42. The zero-order chi connectivity index (χ0) is 23.4.